The zero-order chi connectivity index (χ0) is 8.20. The summed E-state index contributed by atoms with van der Waals surface area (Å²) in [5.41, 5.74) is 0. The van der Waals surface area contributed by atoms with Crippen molar-refractivity contribution in [1.82, 2.24) is 0 Å². The van der Waals surface area contributed by atoms with Crippen LogP contribution in [0.5, 0.6) is 0 Å². The van der Waals surface area contributed by atoms with Gasteiger partial charge in [-0.05, 0) is 12.8 Å². The molecule has 62 valence electrons. The van der Waals surface area contributed by atoms with Gasteiger partial charge in [0.2, 0.25) is 0 Å². The molecule has 0 aromatic carbocycles. The molecule has 0 rings (SSSR count). The summed E-state index contributed by atoms with van der Waals surface area (Å²) >= 11 is 10.6. The summed E-state index contributed by atoms with van der Waals surface area (Å²) in [5, 5.41) is 24.3. The Hall–Kier alpha value is 0.460. The number of aliphatic hydroxyl groups is 3. The SMILES string of the molecule is OC(O)(O)C(Cl)CCCCl. The fraction of sp³-hybridized carbons (Fsp3) is 1.00. The van der Waals surface area contributed by atoms with Gasteiger partial charge in [-0.3, -0.25) is 0 Å². The van der Waals surface area contributed by atoms with Crippen molar-refractivity contribution in [2.75, 3.05) is 5.88 Å². The molecule has 0 saturated heterocycles. The first-order chi connectivity index (χ1) is 4.48. The Morgan fingerprint density at radius 1 is 1.30 bits per heavy atom. The van der Waals surface area contributed by atoms with Crippen LogP contribution in [0.3, 0.4) is 0 Å². The van der Waals surface area contributed by atoms with Gasteiger partial charge in [-0.25, -0.2) is 0 Å². The highest BCUT2D eigenvalue weighted by atomic mass is 35.5. The summed E-state index contributed by atoms with van der Waals surface area (Å²) in [6.07, 6.45) is 0.813. The maximum atomic E-state index is 8.45. The molecule has 0 spiro atoms. The molecule has 0 aliphatic heterocycles. The molecule has 0 aliphatic rings. The van der Waals surface area contributed by atoms with Crippen LogP contribution in [0.25, 0.3) is 0 Å². The zero-order valence-electron chi connectivity index (χ0n) is 5.30. The quantitative estimate of drug-likeness (QED) is 0.438. The molecule has 3 N–H and O–H groups in total. The minimum absolute atomic E-state index is 0.272. The number of hydrogen-bond donors (Lipinski definition) is 3. The molecular formula is C5H10Cl2O3. The molecule has 0 radical (unpaired) electrons. The van der Waals surface area contributed by atoms with Crippen LogP contribution in [0.15, 0.2) is 0 Å². The molecule has 0 saturated carbocycles. The highest BCUT2D eigenvalue weighted by Crippen LogP contribution is 2.15. The van der Waals surface area contributed by atoms with Crippen LogP contribution in [0.4, 0.5) is 0 Å². The summed E-state index contributed by atoms with van der Waals surface area (Å²) < 4.78 is 0. The largest absolute Gasteiger partial charge is 0.342 e. The molecular weight excluding hydrogens is 179 g/mol. The van der Waals surface area contributed by atoms with Gasteiger partial charge in [-0.1, -0.05) is 0 Å². The molecule has 0 bridgehead atoms. The third-order valence-electron chi connectivity index (χ3n) is 1.01. The van der Waals surface area contributed by atoms with Crippen molar-refractivity contribution in [2.24, 2.45) is 0 Å². The van der Waals surface area contributed by atoms with Gasteiger partial charge >= 0.3 is 0 Å². The van der Waals surface area contributed by atoms with Crippen LogP contribution >= 0.6 is 23.2 Å². The average Bonchev–Trinajstić information content (AvgIpc) is 1.80. The number of halogens is 2. The average molecular weight is 189 g/mol. The van der Waals surface area contributed by atoms with Gasteiger partial charge in [0, 0.05) is 5.88 Å². The van der Waals surface area contributed by atoms with Gasteiger partial charge in [-0.15, -0.1) is 23.2 Å². The Bertz CT molecular complexity index is 91.4. The van der Waals surface area contributed by atoms with Crippen molar-refractivity contribution in [3.8, 4) is 0 Å². The molecule has 0 fully saturated rings. The van der Waals surface area contributed by atoms with Crippen molar-refractivity contribution < 1.29 is 15.3 Å². The lowest BCUT2D eigenvalue weighted by molar-refractivity contribution is -0.311. The van der Waals surface area contributed by atoms with Gasteiger partial charge in [-0.2, -0.15) is 0 Å². The smallest absolute Gasteiger partial charge is 0.292 e. The van der Waals surface area contributed by atoms with Crippen molar-refractivity contribution in [3.63, 3.8) is 0 Å². The van der Waals surface area contributed by atoms with Gasteiger partial charge < -0.3 is 15.3 Å². The summed E-state index contributed by atoms with van der Waals surface area (Å²) in [6, 6.07) is 0. The molecule has 5 heteroatoms. The highest BCUT2D eigenvalue weighted by molar-refractivity contribution is 6.21. The number of hydrogen-bond acceptors (Lipinski definition) is 3. The second kappa shape index (κ2) is 4.36. The highest BCUT2D eigenvalue weighted by Gasteiger charge is 2.29. The predicted molar refractivity (Wildman–Crippen MR) is 39.0 cm³/mol. The molecule has 1 atom stereocenters. The molecule has 0 aromatic rings. The van der Waals surface area contributed by atoms with Crippen molar-refractivity contribution in [2.45, 2.75) is 24.2 Å². The van der Waals surface area contributed by atoms with E-state index in [0.29, 0.717) is 12.3 Å². The number of rotatable bonds is 4. The van der Waals surface area contributed by atoms with Crippen molar-refractivity contribution >= 4 is 23.2 Å². The first kappa shape index (κ1) is 10.5. The topological polar surface area (TPSA) is 60.7 Å². The molecule has 1 unspecified atom stereocenters. The van der Waals surface area contributed by atoms with Gasteiger partial charge in [0.25, 0.3) is 5.97 Å². The van der Waals surface area contributed by atoms with Crippen molar-refractivity contribution in [1.29, 1.82) is 0 Å². The summed E-state index contributed by atoms with van der Waals surface area (Å²) in [6.45, 7) is 0. The number of alkyl halides is 2. The Balaban J connectivity index is 3.52. The van der Waals surface area contributed by atoms with Crippen LogP contribution in [0, 0.1) is 0 Å². The maximum absolute atomic E-state index is 8.45. The minimum atomic E-state index is -2.78. The lowest BCUT2D eigenvalue weighted by Gasteiger charge is -2.19. The molecule has 3 nitrogen and oxygen atoms in total. The van der Waals surface area contributed by atoms with E-state index in [1.54, 1.807) is 0 Å². The lowest BCUT2D eigenvalue weighted by Crippen LogP contribution is -2.38. The molecule has 0 heterocycles. The minimum Gasteiger partial charge on any atom is -0.342 e. The first-order valence-electron chi connectivity index (χ1n) is 2.85. The second-order valence-electron chi connectivity index (χ2n) is 1.99. The Labute approximate surface area is 69.2 Å². The van der Waals surface area contributed by atoms with Gasteiger partial charge in [0.05, 0.1) is 0 Å². The van der Waals surface area contributed by atoms with Gasteiger partial charge in [0.15, 0.2) is 0 Å². The molecule has 0 amide bonds. The fourth-order valence-electron chi connectivity index (χ4n) is 0.450. The van der Waals surface area contributed by atoms with Crippen LogP contribution in [-0.2, 0) is 0 Å². The van der Waals surface area contributed by atoms with Crippen LogP contribution < -0.4 is 0 Å². The van der Waals surface area contributed by atoms with Crippen LogP contribution in [0.2, 0.25) is 0 Å². The standard InChI is InChI=1S/C5H10Cl2O3/c6-3-1-2-4(7)5(8,9)10/h4,8-10H,1-3H2. The van der Waals surface area contributed by atoms with E-state index in [1.807, 2.05) is 0 Å². The summed E-state index contributed by atoms with van der Waals surface area (Å²) in [7, 11) is 0. The summed E-state index contributed by atoms with van der Waals surface area (Å²) in [5.74, 6) is -2.40. The Morgan fingerprint density at radius 2 is 1.80 bits per heavy atom. The summed E-state index contributed by atoms with van der Waals surface area (Å²) in [4.78, 5) is 0. The maximum Gasteiger partial charge on any atom is 0.292 e. The fourth-order valence-corrected chi connectivity index (χ4v) is 0.759. The van der Waals surface area contributed by atoms with Crippen LogP contribution in [-0.4, -0.2) is 32.5 Å². The normalized spacial score (nSPS) is 15.3. The van der Waals surface area contributed by atoms with E-state index in [4.69, 9.17) is 38.5 Å². The Morgan fingerprint density at radius 3 is 2.10 bits per heavy atom. The van der Waals surface area contributed by atoms with E-state index in [-0.39, 0.29) is 6.42 Å². The monoisotopic (exact) mass is 188 g/mol. The van der Waals surface area contributed by atoms with E-state index in [2.05, 4.69) is 0 Å². The van der Waals surface area contributed by atoms with E-state index >= 15 is 0 Å². The van der Waals surface area contributed by atoms with E-state index < -0.39 is 11.4 Å². The third kappa shape index (κ3) is 4.30. The molecule has 10 heavy (non-hydrogen) atoms. The predicted octanol–water partition coefficient (Wildman–Crippen LogP) is 0.244. The lowest BCUT2D eigenvalue weighted by atomic mass is 10.2. The van der Waals surface area contributed by atoms with Gasteiger partial charge in [0.1, 0.15) is 5.38 Å². The van der Waals surface area contributed by atoms with Crippen LogP contribution in [0.1, 0.15) is 12.8 Å². The van der Waals surface area contributed by atoms with E-state index in [9.17, 15) is 0 Å². The van der Waals surface area contributed by atoms with Crippen molar-refractivity contribution in [3.05, 3.63) is 0 Å². The van der Waals surface area contributed by atoms with E-state index in [0.717, 1.165) is 0 Å². The second-order valence-corrected chi connectivity index (χ2v) is 2.89. The zero-order valence-corrected chi connectivity index (χ0v) is 6.81. The molecule has 0 aliphatic carbocycles. The Kier molecular flexibility index (Phi) is 4.56. The first-order valence-corrected chi connectivity index (χ1v) is 3.82. The van der Waals surface area contributed by atoms with E-state index in [1.165, 1.54) is 0 Å². The molecule has 0 aromatic heterocycles. The third-order valence-corrected chi connectivity index (χ3v) is 1.79.